The molecule has 0 atom stereocenters. The van der Waals surface area contributed by atoms with Gasteiger partial charge in [-0.15, -0.1) is 15.3 Å². The highest BCUT2D eigenvalue weighted by Crippen LogP contribution is 2.26. The molecule has 30 heavy (non-hydrogen) atoms. The summed E-state index contributed by atoms with van der Waals surface area (Å²) < 4.78 is 28.9. The Labute approximate surface area is 181 Å². The molecule has 0 amide bonds. The van der Waals surface area contributed by atoms with Gasteiger partial charge < -0.3 is 4.90 Å². The molecule has 160 valence electrons. The van der Waals surface area contributed by atoms with Gasteiger partial charge in [0.15, 0.2) is 11.5 Å². The van der Waals surface area contributed by atoms with Gasteiger partial charge in [0, 0.05) is 30.6 Å². The van der Waals surface area contributed by atoms with E-state index in [0.29, 0.717) is 29.3 Å². The van der Waals surface area contributed by atoms with E-state index in [1.807, 2.05) is 12.1 Å². The van der Waals surface area contributed by atoms with Crippen LogP contribution >= 0.6 is 11.6 Å². The second-order valence-electron chi connectivity index (χ2n) is 8.70. The van der Waals surface area contributed by atoms with Crippen LogP contribution in [0, 0.1) is 0 Å². The molecule has 0 N–H and O–H groups in total. The minimum atomic E-state index is -3.45. The lowest BCUT2D eigenvalue weighted by atomic mass is 9.96. The minimum absolute atomic E-state index is 0.0690. The Kier molecular flexibility index (Phi) is 5.24. The lowest BCUT2D eigenvalue weighted by molar-refractivity contribution is 0.308. The standard InChI is InChI=1S/C20H25ClN6O2S/c1-20(2,3)19-23-22-17-8-9-18(24-27(17)19)26-11-16(12-26)25(4)30(28,29)13-14-6-5-7-15(21)10-14/h5-10,16H,11-13H2,1-4H3. The zero-order valence-electron chi connectivity index (χ0n) is 17.4. The minimum Gasteiger partial charge on any atom is -0.352 e. The Bertz CT molecular complexity index is 1180. The molecule has 0 spiro atoms. The third kappa shape index (κ3) is 4.01. The summed E-state index contributed by atoms with van der Waals surface area (Å²) in [7, 11) is -1.81. The van der Waals surface area contributed by atoms with Gasteiger partial charge in [-0.05, 0) is 29.8 Å². The summed E-state index contributed by atoms with van der Waals surface area (Å²) in [6, 6.07) is 10.6. The fourth-order valence-corrected chi connectivity index (χ4v) is 5.06. The van der Waals surface area contributed by atoms with Gasteiger partial charge >= 0.3 is 0 Å². The topological polar surface area (TPSA) is 83.7 Å². The lowest BCUT2D eigenvalue weighted by Gasteiger charge is -2.43. The summed E-state index contributed by atoms with van der Waals surface area (Å²) in [5.74, 6) is 1.50. The maximum Gasteiger partial charge on any atom is 0.218 e. The van der Waals surface area contributed by atoms with E-state index in [4.69, 9.17) is 16.7 Å². The van der Waals surface area contributed by atoms with E-state index in [1.165, 1.54) is 4.31 Å². The normalized spacial score (nSPS) is 15.7. The Morgan fingerprint density at radius 1 is 1.17 bits per heavy atom. The third-order valence-corrected chi connectivity index (χ3v) is 7.41. The molecule has 0 unspecified atom stereocenters. The van der Waals surface area contributed by atoms with Crippen LogP contribution in [0.3, 0.4) is 0 Å². The number of aromatic nitrogens is 4. The highest BCUT2D eigenvalue weighted by molar-refractivity contribution is 7.88. The Balaban J connectivity index is 1.46. The number of hydrogen-bond donors (Lipinski definition) is 0. The molecule has 0 aliphatic carbocycles. The Hall–Kier alpha value is -2.23. The van der Waals surface area contributed by atoms with Crippen molar-refractivity contribution < 1.29 is 8.42 Å². The third-order valence-electron chi connectivity index (χ3n) is 5.30. The van der Waals surface area contributed by atoms with E-state index < -0.39 is 10.0 Å². The molecule has 1 aliphatic rings. The monoisotopic (exact) mass is 448 g/mol. The molecule has 1 aliphatic heterocycles. The van der Waals surface area contributed by atoms with Crippen LogP contribution in [0.25, 0.3) is 5.65 Å². The second kappa shape index (κ2) is 7.47. The fourth-order valence-electron chi connectivity index (χ4n) is 3.45. The molecule has 1 saturated heterocycles. The molecule has 0 bridgehead atoms. The molecule has 3 aromatic rings. The molecular weight excluding hydrogens is 424 g/mol. The van der Waals surface area contributed by atoms with Crippen LogP contribution < -0.4 is 4.90 Å². The van der Waals surface area contributed by atoms with Crippen molar-refractivity contribution in [2.75, 3.05) is 25.0 Å². The average Bonchev–Trinajstić information content (AvgIpc) is 3.03. The summed E-state index contributed by atoms with van der Waals surface area (Å²) in [6.45, 7) is 7.36. The highest BCUT2D eigenvalue weighted by Gasteiger charge is 2.37. The second-order valence-corrected chi connectivity index (χ2v) is 11.2. The van der Waals surface area contributed by atoms with E-state index in [9.17, 15) is 8.42 Å². The number of likely N-dealkylation sites (N-methyl/N-ethyl adjacent to an activating group) is 1. The number of halogens is 1. The first-order valence-electron chi connectivity index (χ1n) is 9.73. The highest BCUT2D eigenvalue weighted by atomic mass is 35.5. The van der Waals surface area contributed by atoms with Crippen molar-refractivity contribution in [3.05, 3.63) is 52.8 Å². The first kappa shape index (κ1) is 21.0. The van der Waals surface area contributed by atoms with E-state index in [0.717, 1.165) is 11.6 Å². The zero-order chi connectivity index (χ0) is 21.7. The molecule has 4 rings (SSSR count). The number of anilines is 1. The van der Waals surface area contributed by atoms with Gasteiger partial charge in [-0.2, -0.15) is 8.82 Å². The van der Waals surface area contributed by atoms with Crippen molar-refractivity contribution in [2.24, 2.45) is 0 Å². The van der Waals surface area contributed by atoms with Crippen molar-refractivity contribution >= 4 is 33.1 Å². The van der Waals surface area contributed by atoms with Crippen LogP contribution in [0.5, 0.6) is 0 Å². The molecule has 1 aromatic carbocycles. The number of benzene rings is 1. The molecular formula is C20H25ClN6O2S. The lowest BCUT2D eigenvalue weighted by Crippen LogP contribution is -2.60. The van der Waals surface area contributed by atoms with E-state index >= 15 is 0 Å². The summed E-state index contributed by atoms with van der Waals surface area (Å²) in [6.07, 6.45) is 0. The smallest absolute Gasteiger partial charge is 0.218 e. The summed E-state index contributed by atoms with van der Waals surface area (Å²) in [5, 5.41) is 13.7. The summed E-state index contributed by atoms with van der Waals surface area (Å²) >= 11 is 5.98. The van der Waals surface area contributed by atoms with E-state index in [1.54, 1.807) is 35.8 Å². The molecule has 0 radical (unpaired) electrons. The van der Waals surface area contributed by atoms with Crippen LogP contribution in [0.4, 0.5) is 5.82 Å². The van der Waals surface area contributed by atoms with Crippen molar-refractivity contribution in [2.45, 2.75) is 38.0 Å². The van der Waals surface area contributed by atoms with Crippen LogP contribution in [-0.2, 0) is 21.2 Å². The van der Waals surface area contributed by atoms with Crippen molar-refractivity contribution in [3.63, 3.8) is 0 Å². The zero-order valence-corrected chi connectivity index (χ0v) is 19.0. The van der Waals surface area contributed by atoms with Gasteiger partial charge in [-0.25, -0.2) is 8.42 Å². The molecule has 10 heteroatoms. The molecule has 3 heterocycles. The first-order valence-corrected chi connectivity index (χ1v) is 11.7. The SMILES string of the molecule is CN(C1CN(c2ccc3nnc(C(C)(C)C)n3n2)C1)S(=O)(=O)Cc1cccc(Cl)c1. The Morgan fingerprint density at radius 3 is 2.57 bits per heavy atom. The quantitative estimate of drug-likeness (QED) is 0.596. The number of nitrogens with zero attached hydrogens (tertiary/aromatic N) is 6. The number of sulfonamides is 1. The van der Waals surface area contributed by atoms with Crippen molar-refractivity contribution in [1.29, 1.82) is 0 Å². The summed E-state index contributed by atoms with van der Waals surface area (Å²) in [5.41, 5.74) is 1.19. The molecule has 0 saturated carbocycles. The number of hydrogen-bond acceptors (Lipinski definition) is 6. The van der Waals surface area contributed by atoms with Gasteiger partial charge in [0.1, 0.15) is 5.82 Å². The molecule has 8 nitrogen and oxygen atoms in total. The number of fused-ring (bicyclic) bond motifs is 1. The van der Waals surface area contributed by atoms with Crippen LogP contribution in [0.2, 0.25) is 5.02 Å². The maximum atomic E-state index is 12.8. The van der Waals surface area contributed by atoms with Crippen molar-refractivity contribution in [3.8, 4) is 0 Å². The Morgan fingerprint density at radius 2 is 1.90 bits per heavy atom. The van der Waals surface area contributed by atoms with Gasteiger partial charge in [-0.1, -0.05) is 44.5 Å². The van der Waals surface area contributed by atoms with Crippen LogP contribution in [0.15, 0.2) is 36.4 Å². The van der Waals surface area contributed by atoms with Gasteiger partial charge in [0.05, 0.1) is 11.8 Å². The summed E-state index contributed by atoms with van der Waals surface area (Å²) in [4.78, 5) is 2.06. The fraction of sp³-hybridized carbons (Fsp3) is 0.450. The molecule has 2 aromatic heterocycles. The van der Waals surface area contributed by atoms with Crippen molar-refractivity contribution in [1.82, 2.24) is 24.1 Å². The van der Waals surface area contributed by atoms with Gasteiger partial charge in [0.25, 0.3) is 0 Å². The maximum absolute atomic E-state index is 12.8. The van der Waals surface area contributed by atoms with Crippen LogP contribution in [-0.4, -0.2) is 58.7 Å². The van der Waals surface area contributed by atoms with E-state index in [2.05, 4.69) is 35.9 Å². The average molecular weight is 449 g/mol. The first-order chi connectivity index (χ1) is 14.0. The van der Waals surface area contributed by atoms with Gasteiger partial charge in [0.2, 0.25) is 10.0 Å². The predicted octanol–water partition coefficient (Wildman–Crippen LogP) is 2.73. The van der Waals surface area contributed by atoms with E-state index in [-0.39, 0.29) is 17.2 Å². The van der Waals surface area contributed by atoms with Crippen LogP contribution in [0.1, 0.15) is 32.2 Å². The molecule has 1 fully saturated rings. The van der Waals surface area contributed by atoms with Gasteiger partial charge in [-0.3, -0.25) is 0 Å². The predicted molar refractivity (Wildman–Crippen MR) is 117 cm³/mol. The largest absolute Gasteiger partial charge is 0.352 e. The number of rotatable bonds is 5.